The average molecular weight is 473 g/mol. The van der Waals surface area contributed by atoms with Crippen molar-refractivity contribution in [3.05, 3.63) is 41.0 Å². The molecule has 2 aromatic rings. The van der Waals surface area contributed by atoms with E-state index in [9.17, 15) is 0 Å². The van der Waals surface area contributed by atoms with Crippen LogP contribution in [0.4, 0.5) is 0 Å². The van der Waals surface area contributed by atoms with Crippen molar-refractivity contribution < 1.29 is 9.26 Å². The van der Waals surface area contributed by atoms with Gasteiger partial charge in [-0.15, -0.1) is 24.0 Å². The number of benzene rings is 1. The second-order valence-electron chi connectivity index (χ2n) is 5.74. The van der Waals surface area contributed by atoms with Gasteiger partial charge in [-0.3, -0.25) is 0 Å². The van der Waals surface area contributed by atoms with Gasteiger partial charge < -0.3 is 19.9 Å². The van der Waals surface area contributed by atoms with Crippen molar-refractivity contribution in [2.75, 3.05) is 13.2 Å². The summed E-state index contributed by atoms with van der Waals surface area (Å²) >= 11 is 0. The quantitative estimate of drug-likeness (QED) is 0.348. The molecule has 1 aromatic heterocycles. The number of ether oxygens (including phenoxy) is 1. The second kappa shape index (κ2) is 11.7. The molecular weight excluding hydrogens is 445 g/mol. The third-order valence-electron chi connectivity index (χ3n) is 3.42. The molecule has 7 nitrogen and oxygen atoms in total. The number of aliphatic imine (C=N–C) groups is 1. The lowest BCUT2D eigenvalue weighted by molar-refractivity contribution is 0.314. The van der Waals surface area contributed by atoms with Crippen LogP contribution in [0.3, 0.4) is 0 Å². The standard InChI is InChI=1S/C18H27N5O2.HI/c1-5-9-24-16-10-13(3)7-8-15(16)11-20-18(19-6-2)21-12-17-22-14(4)25-23-17;/h7-8,10H,5-6,9,11-12H2,1-4H3,(H2,19,20,21);1H. The highest BCUT2D eigenvalue weighted by Crippen LogP contribution is 2.21. The highest BCUT2D eigenvalue weighted by molar-refractivity contribution is 14.0. The van der Waals surface area contributed by atoms with E-state index < -0.39 is 0 Å². The van der Waals surface area contributed by atoms with Gasteiger partial charge in [0.05, 0.1) is 19.7 Å². The molecule has 0 aliphatic rings. The number of rotatable bonds is 8. The molecule has 0 amide bonds. The lowest BCUT2D eigenvalue weighted by atomic mass is 10.1. The molecule has 0 aliphatic heterocycles. The first kappa shape index (κ1) is 22.2. The van der Waals surface area contributed by atoms with Crippen molar-refractivity contribution in [2.24, 2.45) is 4.99 Å². The van der Waals surface area contributed by atoms with Gasteiger partial charge in [0.2, 0.25) is 5.89 Å². The maximum absolute atomic E-state index is 5.85. The predicted octanol–water partition coefficient (Wildman–Crippen LogP) is 3.35. The van der Waals surface area contributed by atoms with Crippen LogP contribution in [0.2, 0.25) is 0 Å². The normalized spacial score (nSPS) is 11.0. The highest BCUT2D eigenvalue weighted by atomic mass is 127. The van der Waals surface area contributed by atoms with Gasteiger partial charge in [0, 0.05) is 19.0 Å². The fourth-order valence-corrected chi connectivity index (χ4v) is 2.22. The number of hydrogen-bond acceptors (Lipinski definition) is 5. The lowest BCUT2D eigenvalue weighted by Crippen LogP contribution is -2.37. The van der Waals surface area contributed by atoms with Crippen LogP contribution in [-0.4, -0.2) is 29.3 Å². The van der Waals surface area contributed by atoms with Crippen molar-refractivity contribution in [2.45, 2.75) is 47.2 Å². The van der Waals surface area contributed by atoms with Crippen LogP contribution in [0, 0.1) is 13.8 Å². The number of hydrogen-bond donors (Lipinski definition) is 2. The molecule has 0 bridgehead atoms. The van der Waals surface area contributed by atoms with Gasteiger partial charge in [-0.1, -0.05) is 24.2 Å². The van der Waals surface area contributed by atoms with E-state index in [0.717, 1.165) is 24.3 Å². The SMILES string of the molecule is CCCOc1cc(C)ccc1CN=C(NCC)NCc1noc(C)n1.I. The highest BCUT2D eigenvalue weighted by Gasteiger charge is 2.06. The smallest absolute Gasteiger partial charge is 0.223 e. The molecule has 0 aliphatic carbocycles. The molecular formula is C18H28IN5O2. The van der Waals surface area contributed by atoms with Crippen LogP contribution in [0.15, 0.2) is 27.7 Å². The van der Waals surface area contributed by atoms with Crippen LogP contribution in [-0.2, 0) is 13.1 Å². The van der Waals surface area contributed by atoms with E-state index in [1.54, 1.807) is 6.92 Å². The summed E-state index contributed by atoms with van der Waals surface area (Å²) < 4.78 is 10.8. The van der Waals surface area contributed by atoms with E-state index in [1.165, 1.54) is 5.56 Å². The zero-order chi connectivity index (χ0) is 18.1. The Bertz CT molecular complexity index is 703. The molecule has 0 spiro atoms. The molecule has 2 N–H and O–H groups in total. The van der Waals surface area contributed by atoms with Gasteiger partial charge in [-0.25, -0.2) is 4.99 Å². The molecule has 0 fully saturated rings. The molecule has 0 radical (unpaired) electrons. The molecule has 2 rings (SSSR count). The van der Waals surface area contributed by atoms with E-state index >= 15 is 0 Å². The minimum Gasteiger partial charge on any atom is -0.493 e. The Balaban J connectivity index is 0.00000338. The third kappa shape index (κ3) is 7.19. The Kier molecular flexibility index (Phi) is 10.0. The van der Waals surface area contributed by atoms with E-state index in [-0.39, 0.29) is 24.0 Å². The Hall–Kier alpha value is -1.84. The monoisotopic (exact) mass is 473 g/mol. The Labute approximate surface area is 172 Å². The summed E-state index contributed by atoms with van der Waals surface area (Å²) in [5, 5.41) is 10.3. The van der Waals surface area contributed by atoms with Gasteiger partial charge in [0.1, 0.15) is 5.75 Å². The molecule has 1 aromatic carbocycles. The summed E-state index contributed by atoms with van der Waals surface area (Å²) in [5.74, 6) is 2.75. The van der Waals surface area contributed by atoms with E-state index in [0.29, 0.717) is 37.4 Å². The summed E-state index contributed by atoms with van der Waals surface area (Å²) in [6.45, 7) is 10.4. The maximum Gasteiger partial charge on any atom is 0.223 e. The summed E-state index contributed by atoms with van der Waals surface area (Å²) in [6.07, 6.45) is 0.977. The lowest BCUT2D eigenvalue weighted by Gasteiger charge is -2.12. The van der Waals surface area contributed by atoms with Crippen LogP contribution in [0.25, 0.3) is 0 Å². The van der Waals surface area contributed by atoms with Crippen molar-refractivity contribution in [3.63, 3.8) is 0 Å². The minimum absolute atomic E-state index is 0. The van der Waals surface area contributed by atoms with Gasteiger partial charge in [0.15, 0.2) is 11.8 Å². The number of aryl methyl sites for hydroxylation is 2. The second-order valence-corrected chi connectivity index (χ2v) is 5.74. The molecule has 0 saturated heterocycles. The first-order valence-electron chi connectivity index (χ1n) is 8.66. The third-order valence-corrected chi connectivity index (χ3v) is 3.42. The van der Waals surface area contributed by atoms with Gasteiger partial charge >= 0.3 is 0 Å². The van der Waals surface area contributed by atoms with Gasteiger partial charge in [-0.2, -0.15) is 4.98 Å². The zero-order valence-electron chi connectivity index (χ0n) is 15.8. The minimum atomic E-state index is 0. The first-order valence-corrected chi connectivity index (χ1v) is 8.66. The number of nitrogens with one attached hydrogen (secondary N) is 2. The van der Waals surface area contributed by atoms with Gasteiger partial charge in [-0.05, 0) is 31.9 Å². The zero-order valence-corrected chi connectivity index (χ0v) is 18.2. The van der Waals surface area contributed by atoms with E-state index in [2.05, 4.69) is 57.8 Å². The largest absolute Gasteiger partial charge is 0.493 e. The van der Waals surface area contributed by atoms with Crippen molar-refractivity contribution >= 4 is 29.9 Å². The summed E-state index contributed by atoms with van der Waals surface area (Å²) in [7, 11) is 0. The summed E-state index contributed by atoms with van der Waals surface area (Å²) in [5.41, 5.74) is 2.24. The number of halogens is 1. The van der Waals surface area contributed by atoms with Crippen LogP contribution >= 0.6 is 24.0 Å². The fourth-order valence-electron chi connectivity index (χ4n) is 2.22. The summed E-state index contributed by atoms with van der Waals surface area (Å²) in [6, 6.07) is 6.20. The molecule has 8 heteroatoms. The van der Waals surface area contributed by atoms with Crippen molar-refractivity contribution in [1.29, 1.82) is 0 Å². The summed E-state index contributed by atoms with van der Waals surface area (Å²) in [4.78, 5) is 8.81. The maximum atomic E-state index is 5.85. The number of nitrogens with zero attached hydrogens (tertiary/aromatic N) is 3. The van der Waals surface area contributed by atoms with Gasteiger partial charge in [0.25, 0.3) is 0 Å². The molecule has 0 atom stereocenters. The predicted molar refractivity (Wildman–Crippen MR) is 113 cm³/mol. The molecule has 0 saturated carbocycles. The number of aromatic nitrogens is 2. The first-order chi connectivity index (χ1) is 12.1. The van der Waals surface area contributed by atoms with E-state index in [4.69, 9.17) is 9.26 Å². The van der Waals surface area contributed by atoms with Crippen molar-refractivity contribution in [1.82, 2.24) is 20.8 Å². The molecule has 1 heterocycles. The Morgan fingerprint density at radius 2 is 2.04 bits per heavy atom. The fraction of sp³-hybridized carbons (Fsp3) is 0.500. The van der Waals surface area contributed by atoms with Crippen LogP contribution < -0.4 is 15.4 Å². The Morgan fingerprint density at radius 3 is 2.69 bits per heavy atom. The molecule has 26 heavy (non-hydrogen) atoms. The van der Waals surface area contributed by atoms with Crippen molar-refractivity contribution in [3.8, 4) is 5.75 Å². The van der Waals surface area contributed by atoms with Crippen LogP contribution in [0.5, 0.6) is 5.75 Å². The van der Waals surface area contributed by atoms with Crippen LogP contribution in [0.1, 0.15) is 43.1 Å². The number of guanidine groups is 1. The molecule has 0 unspecified atom stereocenters. The molecule has 144 valence electrons. The van der Waals surface area contributed by atoms with E-state index in [1.807, 2.05) is 6.92 Å². The Morgan fingerprint density at radius 1 is 1.23 bits per heavy atom. The average Bonchev–Trinajstić information content (AvgIpc) is 3.02. The topological polar surface area (TPSA) is 84.6 Å².